The van der Waals surface area contributed by atoms with E-state index in [1.807, 2.05) is 18.8 Å². The van der Waals surface area contributed by atoms with E-state index in [4.69, 9.17) is 0 Å². The third kappa shape index (κ3) is 2.90. The smallest absolute Gasteiger partial charge is 0.0714 e. The lowest BCUT2D eigenvalue weighted by Gasteiger charge is -2.08. The van der Waals surface area contributed by atoms with Crippen LogP contribution < -0.4 is 5.32 Å². The van der Waals surface area contributed by atoms with Gasteiger partial charge >= 0.3 is 0 Å². The van der Waals surface area contributed by atoms with Crippen molar-refractivity contribution in [1.82, 2.24) is 15.1 Å². The van der Waals surface area contributed by atoms with Gasteiger partial charge in [-0.05, 0) is 44.2 Å². The van der Waals surface area contributed by atoms with Crippen molar-refractivity contribution in [3.05, 3.63) is 39.5 Å². The predicted octanol–water partition coefficient (Wildman–Crippen LogP) is 3.23. The summed E-state index contributed by atoms with van der Waals surface area (Å²) >= 11 is 3.55. The minimum absolute atomic E-state index is 0.953. The minimum Gasteiger partial charge on any atom is -0.319 e. The van der Waals surface area contributed by atoms with Gasteiger partial charge in [-0.25, -0.2) is 0 Å². The maximum absolute atomic E-state index is 4.66. The standard InChI is InChI=1S/C15H20BrN3/c1-10-5-6-12(16)9-13(10)15-11(2)14(7-8-17-3)18-19(15)4/h5-6,9,17H,7-8H2,1-4H3. The van der Waals surface area contributed by atoms with E-state index in [0.29, 0.717) is 0 Å². The normalized spacial score (nSPS) is 11.0. The van der Waals surface area contributed by atoms with Crippen LogP contribution in [0.3, 0.4) is 0 Å². The highest BCUT2D eigenvalue weighted by molar-refractivity contribution is 9.10. The van der Waals surface area contributed by atoms with Gasteiger partial charge in [-0.3, -0.25) is 4.68 Å². The van der Waals surface area contributed by atoms with Gasteiger partial charge in [0.25, 0.3) is 0 Å². The predicted molar refractivity (Wildman–Crippen MR) is 83.4 cm³/mol. The van der Waals surface area contributed by atoms with Gasteiger partial charge in [-0.1, -0.05) is 22.0 Å². The topological polar surface area (TPSA) is 29.9 Å². The van der Waals surface area contributed by atoms with Gasteiger partial charge in [0.1, 0.15) is 0 Å². The van der Waals surface area contributed by atoms with E-state index in [0.717, 1.165) is 17.4 Å². The summed E-state index contributed by atoms with van der Waals surface area (Å²) in [6, 6.07) is 6.38. The van der Waals surface area contributed by atoms with E-state index in [-0.39, 0.29) is 0 Å². The molecule has 1 N–H and O–H groups in total. The van der Waals surface area contributed by atoms with Crippen molar-refractivity contribution >= 4 is 15.9 Å². The molecule has 19 heavy (non-hydrogen) atoms. The number of nitrogens with zero attached hydrogens (tertiary/aromatic N) is 2. The van der Waals surface area contributed by atoms with Crippen molar-refractivity contribution in [3.8, 4) is 11.3 Å². The number of hydrogen-bond acceptors (Lipinski definition) is 2. The van der Waals surface area contributed by atoms with Gasteiger partial charge in [0.2, 0.25) is 0 Å². The molecule has 0 aliphatic carbocycles. The summed E-state index contributed by atoms with van der Waals surface area (Å²) in [6.07, 6.45) is 0.962. The molecule has 102 valence electrons. The molecule has 0 bridgehead atoms. The Balaban J connectivity index is 2.50. The van der Waals surface area contributed by atoms with E-state index in [1.165, 1.54) is 28.1 Å². The summed E-state index contributed by atoms with van der Waals surface area (Å²) in [5.74, 6) is 0. The first-order valence-corrected chi connectivity index (χ1v) is 7.27. The molecule has 0 spiro atoms. The molecular weight excluding hydrogens is 302 g/mol. The van der Waals surface area contributed by atoms with Crippen LogP contribution in [-0.4, -0.2) is 23.4 Å². The first-order valence-electron chi connectivity index (χ1n) is 6.48. The summed E-state index contributed by atoms with van der Waals surface area (Å²) in [5, 5.41) is 7.83. The van der Waals surface area contributed by atoms with Crippen LogP contribution in [-0.2, 0) is 13.5 Å². The Morgan fingerprint density at radius 1 is 1.32 bits per heavy atom. The monoisotopic (exact) mass is 321 g/mol. The Bertz CT molecular complexity index is 587. The first-order chi connectivity index (χ1) is 9.04. The lowest BCUT2D eigenvalue weighted by molar-refractivity contribution is 0.719. The van der Waals surface area contributed by atoms with Crippen molar-refractivity contribution in [2.45, 2.75) is 20.3 Å². The quantitative estimate of drug-likeness (QED) is 0.937. The molecule has 3 nitrogen and oxygen atoms in total. The molecule has 0 aliphatic heterocycles. The number of likely N-dealkylation sites (N-methyl/N-ethyl adjacent to an activating group) is 1. The molecule has 2 aromatic rings. The molecule has 2 rings (SSSR count). The van der Waals surface area contributed by atoms with Gasteiger partial charge in [0, 0.05) is 30.0 Å². The summed E-state index contributed by atoms with van der Waals surface area (Å²) in [7, 11) is 3.99. The van der Waals surface area contributed by atoms with Crippen molar-refractivity contribution < 1.29 is 0 Å². The minimum atomic E-state index is 0.953. The largest absolute Gasteiger partial charge is 0.319 e. The van der Waals surface area contributed by atoms with Crippen molar-refractivity contribution in [2.75, 3.05) is 13.6 Å². The van der Waals surface area contributed by atoms with Gasteiger partial charge in [0.15, 0.2) is 0 Å². The van der Waals surface area contributed by atoms with Gasteiger partial charge < -0.3 is 5.32 Å². The van der Waals surface area contributed by atoms with E-state index in [9.17, 15) is 0 Å². The fraction of sp³-hybridized carbons (Fsp3) is 0.400. The average molecular weight is 322 g/mol. The third-order valence-corrected chi connectivity index (χ3v) is 3.94. The Kier molecular flexibility index (Phi) is 4.42. The van der Waals surface area contributed by atoms with Crippen molar-refractivity contribution in [1.29, 1.82) is 0 Å². The van der Waals surface area contributed by atoms with E-state index < -0.39 is 0 Å². The van der Waals surface area contributed by atoms with Crippen LogP contribution in [0.25, 0.3) is 11.3 Å². The number of benzene rings is 1. The highest BCUT2D eigenvalue weighted by Gasteiger charge is 2.15. The summed E-state index contributed by atoms with van der Waals surface area (Å²) in [5.41, 5.74) is 6.18. The van der Waals surface area contributed by atoms with Crippen LogP contribution in [0.15, 0.2) is 22.7 Å². The maximum atomic E-state index is 4.66. The van der Waals surface area contributed by atoms with Crippen LogP contribution >= 0.6 is 15.9 Å². The lowest BCUT2D eigenvalue weighted by atomic mass is 10.0. The Labute approximate surface area is 123 Å². The van der Waals surface area contributed by atoms with Gasteiger partial charge in [-0.2, -0.15) is 5.10 Å². The summed E-state index contributed by atoms with van der Waals surface area (Å²) in [6.45, 7) is 5.25. The Morgan fingerprint density at radius 3 is 2.74 bits per heavy atom. The molecule has 0 fully saturated rings. The fourth-order valence-electron chi connectivity index (χ4n) is 2.39. The lowest BCUT2D eigenvalue weighted by Crippen LogP contribution is -2.11. The summed E-state index contributed by atoms with van der Waals surface area (Å²) in [4.78, 5) is 0. The molecular formula is C15H20BrN3. The molecule has 1 aromatic carbocycles. The third-order valence-electron chi connectivity index (χ3n) is 3.45. The number of aryl methyl sites for hydroxylation is 2. The second kappa shape index (κ2) is 5.88. The average Bonchev–Trinajstić information content (AvgIpc) is 2.65. The second-order valence-electron chi connectivity index (χ2n) is 4.86. The molecule has 0 saturated carbocycles. The van der Waals surface area contributed by atoms with Crippen LogP contribution in [0, 0.1) is 13.8 Å². The highest BCUT2D eigenvalue weighted by atomic mass is 79.9. The maximum Gasteiger partial charge on any atom is 0.0714 e. The van der Waals surface area contributed by atoms with Gasteiger partial charge in [-0.15, -0.1) is 0 Å². The molecule has 0 unspecified atom stereocenters. The molecule has 1 aromatic heterocycles. The van der Waals surface area contributed by atoms with Crippen LogP contribution in [0.1, 0.15) is 16.8 Å². The first kappa shape index (κ1) is 14.3. The number of nitrogens with one attached hydrogen (secondary N) is 1. The molecule has 0 saturated heterocycles. The van der Waals surface area contributed by atoms with Gasteiger partial charge in [0.05, 0.1) is 11.4 Å². The number of rotatable bonds is 4. The molecule has 4 heteroatoms. The number of hydrogen-bond donors (Lipinski definition) is 1. The SMILES string of the molecule is CNCCc1nn(C)c(-c2cc(Br)ccc2C)c1C. The van der Waals surface area contributed by atoms with Crippen LogP contribution in [0.5, 0.6) is 0 Å². The molecule has 0 amide bonds. The highest BCUT2D eigenvalue weighted by Crippen LogP contribution is 2.30. The zero-order chi connectivity index (χ0) is 14.0. The molecule has 0 atom stereocenters. The molecule has 1 heterocycles. The number of halogens is 1. The Hall–Kier alpha value is -1.13. The molecule has 0 aliphatic rings. The summed E-state index contributed by atoms with van der Waals surface area (Å²) < 4.78 is 3.10. The number of aromatic nitrogens is 2. The molecule has 0 radical (unpaired) electrons. The van der Waals surface area contributed by atoms with Crippen LogP contribution in [0.2, 0.25) is 0 Å². The van der Waals surface area contributed by atoms with Crippen LogP contribution in [0.4, 0.5) is 0 Å². The fourth-order valence-corrected chi connectivity index (χ4v) is 2.75. The van der Waals surface area contributed by atoms with E-state index >= 15 is 0 Å². The zero-order valence-electron chi connectivity index (χ0n) is 11.9. The Morgan fingerprint density at radius 2 is 2.05 bits per heavy atom. The van der Waals surface area contributed by atoms with Crippen molar-refractivity contribution in [2.24, 2.45) is 7.05 Å². The zero-order valence-corrected chi connectivity index (χ0v) is 13.5. The van der Waals surface area contributed by atoms with E-state index in [1.54, 1.807) is 0 Å². The van der Waals surface area contributed by atoms with E-state index in [2.05, 4.69) is 58.4 Å². The second-order valence-corrected chi connectivity index (χ2v) is 5.77. The van der Waals surface area contributed by atoms with Crippen molar-refractivity contribution in [3.63, 3.8) is 0 Å².